The topological polar surface area (TPSA) is 39.7 Å². The molecule has 0 saturated heterocycles. The van der Waals surface area contributed by atoms with Crippen LogP contribution >= 0.6 is 0 Å². The third-order valence-corrected chi connectivity index (χ3v) is 3.45. The van der Waals surface area contributed by atoms with Gasteiger partial charge in [-0.15, -0.1) is 0 Å². The van der Waals surface area contributed by atoms with Crippen molar-refractivity contribution in [1.82, 2.24) is 5.32 Å². The molecular formula is C17H29NO3. The highest BCUT2D eigenvalue weighted by Gasteiger charge is 2.09. The van der Waals surface area contributed by atoms with Crippen LogP contribution in [-0.2, 0) is 4.74 Å². The number of methoxy groups -OCH3 is 1. The Hall–Kier alpha value is -1.26. The Kier molecular flexibility index (Phi) is 8.16. The van der Waals surface area contributed by atoms with Gasteiger partial charge in [0, 0.05) is 12.6 Å². The first kappa shape index (κ1) is 17.8. The lowest BCUT2D eigenvalue weighted by molar-refractivity contribution is 0.0916. The first-order valence-corrected chi connectivity index (χ1v) is 7.64. The molecule has 21 heavy (non-hydrogen) atoms. The first-order chi connectivity index (χ1) is 10.1. The molecule has 1 unspecified atom stereocenters. The highest BCUT2D eigenvalue weighted by molar-refractivity contribution is 5.43. The van der Waals surface area contributed by atoms with E-state index in [9.17, 15) is 0 Å². The van der Waals surface area contributed by atoms with E-state index >= 15 is 0 Å². The van der Waals surface area contributed by atoms with Gasteiger partial charge in [0.15, 0.2) is 11.5 Å². The molecule has 1 aromatic carbocycles. The number of nitrogens with one attached hydrogen (secondary N) is 1. The van der Waals surface area contributed by atoms with Crippen LogP contribution < -0.4 is 14.8 Å². The summed E-state index contributed by atoms with van der Waals surface area (Å²) in [6.45, 7) is 8.42. The Morgan fingerprint density at radius 1 is 1.05 bits per heavy atom. The maximum Gasteiger partial charge on any atom is 0.161 e. The summed E-state index contributed by atoms with van der Waals surface area (Å²) in [5.74, 6) is 2.20. The average molecular weight is 295 g/mol. The highest BCUT2D eigenvalue weighted by atomic mass is 16.5. The van der Waals surface area contributed by atoms with E-state index in [4.69, 9.17) is 14.2 Å². The molecular weight excluding hydrogens is 266 g/mol. The molecule has 0 aliphatic heterocycles. The van der Waals surface area contributed by atoms with Crippen molar-refractivity contribution in [2.45, 2.75) is 33.2 Å². The fourth-order valence-electron chi connectivity index (χ4n) is 1.87. The fraction of sp³-hybridized carbons (Fsp3) is 0.647. The predicted octanol–water partition coefficient (Wildman–Crippen LogP) is 3.42. The van der Waals surface area contributed by atoms with Gasteiger partial charge in [-0.1, -0.05) is 19.9 Å². The molecule has 0 spiro atoms. The third-order valence-electron chi connectivity index (χ3n) is 3.45. The summed E-state index contributed by atoms with van der Waals surface area (Å²) in [4.78, 5) is 0. The van der Waals surface area contributed by atoms with Crippen LogP contribution in [0.5, 0.6) is 11.5 Å². The van der Waals surface area contributed by atoms with Crippen molar-refractivity contribution in [1.29, 1.82) is 0 Å². The van der Waals surface area contributed by atoms with Gasteiger partial charge in [0.05, 0.1) is 13.7 Å². The Labute approximate surface area is 128 Å². The van der Waals surface area contributed by atoms with Gasteiger partial charge < -0.3 is 19.5 Å². The van der Waals surface area contributed by atoms with E-state index in [1.54, 1.807) is 7.11 Å². The summed E-state index contributed by atoms with van der Waals surface area (Å²) >= 11 is 0. The van der Waals surface area contributed by atoms with Gasteiger partial charge in [0.25, 0.3) is 0 Å². The molecule has 0 radical (unpaired) electrons. The van der Waals surface area contributed by atoms with Crippen LogP contribution in [0.2, 0.25) is 0 Å². The molecule has 1 rings (SSSR count). The minimum atomic E-state index is 0.285. The monoisotopic (exact) mass is 295 g/mol. The summed E-state index contributed by atoms with van der Waals surface area (Å²) in [5, 5.41) is 3.21. The summed E-state index contributed by atoms with van der Waals surface area (Å²) < 4.78 is 16.7. The zero-order valence-electron chi connectivity index (χ0n) is 13.9. The number of benzene rings is 1. The Bertz CT molecular complexity index is 407. The first-order valence-electron chi connectivity index (χ1n) is 7.64. The van der Waals surface area contributed by atoms with Crippen molar-refractivity contribution in [3.8, 4) is 11.5 Å². The molecule has 0 fully saturated rings. The van der Waals surface area contributed by atoms with Crippen LogP contribution in [0.25, 0.3) is 0 Å². The standard InChI is InChI=1S/C17H29NO3/c1-13(2)8-9-20-10-11-21-16-7-6-15(14(3)18-4)12-17(16)19-5/h6-7,12-14,18H,8-11H2,1-5H3. The molecule has 0 heterocycles. The Balaban J connectivity index is 2.44. The van der Waals surface area contributed by atoms with E-state index in [0.717, 1.165) is 24.5 Å². The Morgan fingerprint density at radius 2 is 1.81 bits per heavy atom. The van der Waals surface area contributed by atoms with E-state index in [2.05, 4.69) is 32.2 Å². The van der Waals surface area contributed by atoms with Crippen LogP contribution in [0.3, 0.4) is 0 Å². The van der Waals surface area contributed by atoms with E-state index in [1.165, 1.54) is 5.56 Å². The number of rotatable bonds is 10. The molecule has 1 aromatic rings. The number of hydrogen-bond acceptors (Lipinski definition) is 4. The smallest absolute Gasteiger partial charge is 0.161 e. The molecule has 0 bridgehead atoms. The van der Waals surface area contributed by atoms with Crippen LogP contribution in [0.4, 0.5) is 0 Å². The fourth-order valence-corrected chi connectivity index (χ4v) is 1.87. The lowest BCUT2D eigenvalue weighted by atomic mass is 10.1. The summed E-state index contributed by atoms with van der Waals surface area (Å²) in [6.07, 6.45) is 1.08. The number of hydrogen-bond donors (Lipinski definition) is 1. The largest absolute Gasteiger partial charge is 0.493 e. The molecule has 0 amide bonds. The molecule has 120 valence electrons. The molecule has 4 nitrogen and oxygen atoms in total. The summed E-state index contributed by atoms with van der Waals surface area (Å²) in [6, 6.07) is 6.30. The quantitative estimate of drug-likeness (QED) is 0.671. The van der Waals surface area contributed by atoms with E-state index in [1.807, 2.05) is 19.2 Å². The van der Waals surface area contributed by atoms with Crippen molar-refractivity contribution in [2.75, 3.05) is 34.0 Å². The molecule has 1 atom stereocenters. The van der Waals surface area contributed by atoms with Crippen molar-refractivity contribution in [3.63, 3.8) is 0 Å². The van der Waals surface area contributed by atoms with Gasteiger partial charge in [-0.25, -0.2) is 0 Å². The highest BCUT2D eigenvalue weighted by Crippen LogP contribution is 2.30. The summed E-state index contributed by atoms with van der Waals surface area (Å²) in [5.41, 5.74) is 1.18. The van der Waals surface area contributed by atoms with Crippen molar-refractivity contribution >= 4 is 0 Å². The maximum absolute atomic E-state index is 5.73. The van der Waals surface area contributed by atoms with Gasteiger partial charge in [-0.3, -0.25) is 0 Å². The maximum atomic E-state index is 5.73. The van der Waals surface area contributed by atoms with Crippen LogP contribution in [0, 0.1) is 5.92 Å². The lowest BCUT2D eigenvalue weighted by Crippen LogP contribution is -2.13. The molecule has 0 aromatic heterocycles. The zero-order valence-corrected chi connectivity index (χ0v) is 13.9. The van der Waals surface area contributed by atoms with Crippen LogP contribution in [0.15, 0.2) is 18.2 Å². The van der Waals surface area contributed by atoms with Gasteiger partial charge in [-0.2, -0.15) is 0 Å². The molecule has 0 aliphatic carbocycles. The second-order valence-electron chi connectivity index (χ2n) is 5.56. The van der Waals surface area contributed by atoms with E-state index in [-0.39, 0.29) is 6.04 Å². The van der Waals surface area contributed by atoms with Crippen molar-refractivity contribution < 1.29 is 14.2 Å². The Morgan fingerprint density at radius 3 is 2.43 bits per heavy atom. The normalized spacial score (nSPS) is 12.5. The number of ether oxygens (including phenoxy) is 3. The van der Waals surface area contributed by atoms with Crippen LogP contribution in [-0.4, -0.2) is 34.0 Å². The van der Waals surface area contributed by atoms with E-state index in [0.29, 0.717) is 19.1 Å². The van der Waals surface area contributed by atoms with Crippen LogP contribution in [0.1, 0.15) is 38.8 Å². The van der Waals surface area contributed by atoms with Crippen molar-refractivity contribution in [2.24, 2.45) is 5.92 Å². The lowest BCUT2D eigenvalue weighted by Gasteiger charge is -2.15. The average Bonchev–Trinajstić information content (AvgIpc) is 2.49. The second kappa shape index (κ2) is 9.64. The van der Waals surface area contributed by atoms with Gasteiger partial charge in [0.2, 0.25) is 0 Å². The molecule has 4 heteroatoms. The minimum Gasteiger partial charge on any atom is -0.493 e. The molecule has 0 aliphatic rings. The zero-order chi connectivity index (χ0) is 15.7. The van der Waals surface area contributed by atoms with Gasteiger partial charge in [-0.05, 0) is 44.0 Å². The minimum absolute atomic E-state index is 0.285. The predicted molar refractivity (Wildman–Crippen MR) is 86.2 cm³/mol. The third kappa shape index (κ3) is 6.36. The molecule has 1 N–H and O–H groups in total. The molecule has 0 saturated carbocycles. The van der Waals surface area contributed by atoms with E-state index < -0.39 is 0 Å². The van der Waals surface area contributed by atoms with Gasteiger partial charge in [0.1, 0.15) is 6.61 Å². The van der Waals surface area contributed by atoms with Gasteiger partial charge >= 0.3 is 0 Å². The summed E-state index contributed by atoms with van der Waals surface area (Å²) in [7, 11) is 3.60. The van der Waals surface area contributed by atoms with Crippen molar-refractivity contribution in [3.05, 3.63) is 23.8 Å². The second-order valence-corrected chi connectivity index (χ2v) is 5.56. The SMILES string of the molecule is CNC(C)c1ccc(OCCOCCC(C)C)c(OC)c1.